The third kappa shape index (κ3) is 4.75. The van der Waals surface area contributed by atoms with Crippen LogP contribution in [0.25, 0.3) is 0 Å². The minimum Gasteiger partial charge on any atom is -0.307 e. The van der Waals surface area contributed by atoms with E-state index in [1.54, 1.807) is 5.56 Å². The zero-order valence-corrected chi connectivity index (χ0v) is 13.4. The summed E-state index contributed by atoms with van der Waals surface area (Å²) in [5.74, 6) is 0. The van der Waals surface area contributed by atoms with Crippen molar-refractivity contribution in [2.45, 2.75) is 39.2 Å². The monoisotopic (exact) mass is 281 g/mol. The van der Waals surface area contributed by atoms with Crippen LogP contribution in [0.15, 0.2) is 18.2 Å². The van der Waals surface area contributed by atoms with Crippen LogP contribution in [0.2, 0.25) is 0 Å². The first-order chi connectivity index (χ1) is 8.25. The molecule has 2 rings (SSSR count). The van der Waals surface area contributed by atoms with Gasteiger partial charge < -0.3 is 4.90 Å². The minimum absolute atomic E-state index is 0. The van der Waals surface area contributed by atoms with E-state index in [4.69, 9.17) is 0 Å². The van der Waals surface area contributed by atoms with E-state index < -0.39 is 0 Å². The predicted octanol–water partition coefficient (Wildman–Crippen LogP) is 3.37. The lowest BCUT2D eigenvalue weighted by Crippen LogP contribution is -2.33. The van der Waals surface area contributed by atoms with Crippen LogP contribution in [0.4, 0.5) is 0 Å². The van der Waals surface area contributed by atoms with Crippen molar-refractivity contribution in [2.75, 3.05) is 19.3 Å². The van der Waals surface area contributed by atoms with Gasteiger partial charge in [0, 0.05) is 0 Å². The van der Waals surface area contributed by atoms with Crippen molar-refractivity contribution >= 4 is 21.9 Å². The van der Waals surface area contributed by atoms with Gasteiger partial charge >= 0.3 is 0 Å². The number of halogens is 1. The maximum Gasteiger partial charge on any atom is 0.0615 e. The van der Waals surface area contributed by atoms with Gasteiger partial charge in [0.1, 0.15) is 0 Å². The second-order valence-corrected chi connectivity index (χ2v) is 6.36. The van der Waals surface area contributed by atoms with E-state index in [0.717, 1.165) is 9.52 Å². The van der Waals surface area contributed by atoms with Gasteiger partial charge in [-0.3, -0.25) is 0 Å². The summed E-state index contributed by atoms with van der Waals surface area (Å²) in [4.78, 5) is 2.64. The molecule has 18 heavy (non-hydrogen) atoms. The summed E-state index contributed by atoms with van der Waals surface area (Å²) < 4.78 is 0. The lowest BCUT2D eigenvalue weighted by atomic mass is 10.1. The third-order valence-corrected chi connectivity index (χ3v) is 4.90. The molecule has 2 radical (unpaired) electrons. The van der Waals surface area contributed by atoms with Gasteiger partial charge in [-0.05, 0) is 63.1 Å². The normalized spacial score (nSPS) is 16.3. The van der Waals surface area contributed by atoms with Gasteiger partial charge in [0.05, 0.1) is 9.52 Å². The third-order valence-electron chi connectivity index (χ3n) is 3.60. The fraction of sp³-hybridized carbons (Fsp3) is 0.600. The summed E-state index contributed by atoms with van der Waals surface area (Å²) in [7, 11) is 1.06. The molecule has 0 spiro atoms. The Labute approximate surface area is 120 Å². The van der Waals surface area contributed by atoms with Gasteiger partial charge in [-0.2, -0.15) is 0 Å². The molecule has 1 aromatic carbocycles. The maximum atomic E-state index is 2.64. The minimum atomic E-state index is 0. The number of rotatable bonds is 4. The molecule has 0 bridgehead atoms. The molecule has 1 heterocycles. The lowest BCUT2D eigenvalue weighted by molar-refractivity contribution is 0.262. The molecule has 1 saturated heterocycles. The molecular formula is C15H24ClNSi. The van der Waals surface area contributed by atoms with Gasteiger partial charge in [0.15, 0.2) is 0 Å². The average molecular weight is 282 g/mol. The molecule has 0 aromatic heterocycles. The van der Waals surface area contributed by atoms with E-state index >= 15 is 0 Å². The van der Waals surface area contributed by atoms with Crippen LogP contribution in [0.3, 0.4) is 0 Å². The fourth-order valence-electron chi connectivity index (χ4n) is 2.51. The molecule has 3 heteroatoms. The van der Waals surface area contributed by atoms with Crippen molar-refractivity contribution < 1.29 is 0 Å². The van der Waals surface area contributed by atoms with Gasteiger partial charge in [-0.1, -0.05) is 30.2 Å². The Morgan fingerprint density at radius 3 is 2.50 bits per heavy atom. The van der Waals surface area contributed by atoms with E-state index in [1.807, 2.05) is 0 Å². The predicted molar refractivity (Wildman–Crippen MR) is 82.9 cm³/mol. The van der Waals surface area contributed by atoms with Crippen LogP contribution in [-0.4, -0.2) is 33.7 Å². The summed E-state index contributed by atoms with van der Waals surface area (Å²) in [6, 6.07) is 8.13. The summed E-state index contributed by atoms with van der Waals surface area (Å²) in [5, 5.41) is 0. The Morgan fingerprint density at radius 1 is 1.11 bits per heavy atom. The number of nitrogens with zero attached hydrogens (tertiary/aromatic N) is 1. The lowest BCUT2D eigenvalue weighted by Gasteiger charge is -2.26. The molecule has 0 N–H and O–H groups in total. The van der Waals surface area contributed by atoms with Gasteiger partial charge in [-0.25, -0.2) is 0 Å². The van der Waals surface area contributed by atoms with Gasteiger partial charge in [-0.15, -0.1) is 12.4 Å². The zero-order valence-electron chi connectivity index (χ0n) is 11.5. The van der Waals surface area contributed by atoms with Crippen molar-refractivity contribution in [3.8, 4) is 0 Å². The average Bonchev–Trinajstić information content (AvgIpc) is 2.33. The summed E-state index contributed by atoms with van der Waals surface area (Å²) in [6.07, 6.45) is 5.58. The number of hydrogen-bond acceptors (Lipinski definition) is 1. The van der Waals surface area contributed by atoms with Crippen molar-refractivity contribution in [1.29, 1.82) is 0 Å². The van der Waals surface area contributed by atoms with Gasteiger partial charge in [0.2, 0.25) is 0 Å². The van der Waals surface area contributed by atoms with Crippen molar-refractivity contribution in [2.24, 2.45) is 0 Å². The Bertz CT molecular complexity index is 362. The largest absolute Gasteiger partial charge is 0.307 e. The van der Waals surface area contributed by atoms with Crippen LogP contribution in [-0.2, 0) is 6.04 Å². The van der Waals surface area contributed by atoms with Crippen molar-refractivity contribution in [1.82, 2.24) is 4.90 Å². The summed E-state index contributed by atoms with van der Waals surface area (Å²) in [5.41, 5.74) is 4.40. The smallest absolute Gasteiger partial charge is 0.0615 e. The molecule has 0 atom stereocenters. The first-order valence-electron chi connectivity index (χ1n) is 6.75. The molecule has 1 nitrogen and oxygen atoms in total. The van der Waals surface area contributed by atoms with E-state index in [2.05, 4.69) is 36.9 Å². The second-order valence-electron chi connectivity index (χ2n) is 5.19. The zero-order chi connectivity index (χ0) is 12.1. The standard InChI is InChI=1S/C15H23NSi.ClH/c1-13-6-7-15(14(2)10-13)11-17-12-16-8-4-3-5-9-16;/h6-7,10H,3-5,8-9,11-12H2,1-2H3;1H. The topological polar surface area (TPSA) is 3.24 Å². The van der Waals surface area contributed by atoms with E-state index in [-0.39, 0.29) is 12.4 Å². The molecule has 0 aliphatic carbocycles. The highest BCUT2D eigenvalue weighted by atomic mass is 35.5. The van der Waals surface area contributed by atoms with Gasteiger partial charge in [0.25, 0.3) is 0 Å². The number of benzene rings is 1. The molecule has 0 saturated carbocycles. The molecule has 0 unspecified atom stereocenters. The van der Waals surface area contributed by atoms with Crippen molar-refractivity contribution in [3.63, 3.8) is 0 Å². The molecule has 1 aliphatic rings. The quantitative estimate of drug-likeness (QED) is 0.765. The first kappa shape index (κ1) is 15.7. The first-order valence-corrected chi connectivity index (χ1v) is 8.16. The second kappa shape index (κ2) is 7.98. The Kier molecular flexibility index (Phi) is 6.98. The molecule has 0 amide bonds. The molecule has 1 aromatic rings. The van der Waals surface area contributed by atoms with Crippen LogP contribution < -0.4 is 0 Å². The highest BCUT2D eigenvalue weighted by Gasteiger charge is 2.09. The molecule has 100 valence electrons. The highest BCUT2D eigenvalue weighted by molar-refractivity contribution is 6.35. The number of piperidine rings is 1. The van der Waals surface area contributed by atoms with E-state index in [0.29, 0.717) is 0 Å². The van der Waals surface area contributed by atoms with Crippen LogP contribution in [0.5, 0.6) is 0 Å². The maximum absolute atomic E-state index is 2.64. The molecule has 1 fully saturated rings. The SMILES string of the molecule is Cc1ccc(C[Si]CN2CCCCC2)c(C)c1.Cl. The van der Waals surface area contributed by atoms with E-state index in [9.17, 15) is 0 Å². The van der Waals surface area contributed by atoms with Crippen LogP contribution in [0.1, 0.15) is 36.0 Å². The number of aryl methyl sites for hydroxylation is 2. The highest BCUT2D eigenvalue weighted by Crippen LogP contribution is 2.11. The Hall–Kier alpha value is -0.313. The van der Waals surface area contributed by atoms with Crippen LogP contribution >= 0.6 is 12.4 Å². The van der Waals surface area contributed by atoms with Crippen molar-refractivity contribution in [3.05, 3.63) is 34.9 Å². The fourth-order valence-corrected chi connectivity index (χ4v) is 3.92. The number of likely N-dealkylation sites (tertiary alicyclic amines) is 1. The van der Waals surface area contributed by atoms with E-state index in [1.165, 1.54) is 55.7 Å². The Morgan fingerprint density at radius 2 is 1.83 bits per heavy atom. The summed E-state index contributed by atoms with van der Waals surface area (Å²) >= 11 is 0. The Balaban J connectivity index is 0.00000162. The number of hydrogen-bond donors (Lipinski definition) is 0. The van der Waals surface area contributed by atoms with Crippen LogP contribution in [0, 0.1) is 13.8 Å². The molecule has 1 aliphatic heterocycles. The molecular weight excluding hydrogens is 258 g/mol. The summed E-state index contributed by atoms with van der Waals surface area (Å²) in [6.45, 7) is 7.08.